The molecule has 1 aromatic heterocycles. The lowest BCUT2D eigenvalue weighted by molar-refractivity contribution is 0.0958. The van der Waals surface area contributed by atoms with E-state index in [9.17, 15) is 13.2 Å². The van der Waals surface area contributed by atoms with E-state index in [1.54, 1.807) is 23.0 Å². The monoisotopic (exact) mass is 396 g/mol. The summed E-state index contributed by atoms with van der Waals surface area (Å²) in [5, 5.41) is 6.77. The number of nitrogens with one attached hydrogen (secondary N) is 2. The molecule has 0 spiro atoms. The van der Waals surface area contributed by atoms with Gasteiger partial charge in [-0.1, -0.05) is 24.3 Å². The topological polar surface area (TPSA) is 93.1 Å². The second-order valence-corrected chi connectivity index (χ2v) is 7.74. The Morgan fingerprint density at radius 3 is 2.61 bits per heavy atom. The third kappa shape index (κ3) is 4.73. The summed E-state index contributed by atoms with van der Waals surface area (Å²) >= 11 is 0. The fourth-order valence-electron chi connectivity index (χ4n) is 2.52. The lowest BCUT2D eigenvalue weighted by Crippen LogP contribution is -2.25. The van der Waals surface area contributed by atoms with Crippen molar-refractivity contribution in [2.24, 2.45) is 0 Å². The molecule has 3 rings (SSSR count). The molecule has 0 saturated carbocycles. The first-order chi connectivity index (χ1) is 13.5. The zero-order chi connectivity index (χ0) is 20.0. The highest BCUT2D eigenvalue weighted by Crippen LogP contribution is 2.13. The van der Waals surface area contributed by atoms with Crippen molar-refractivity contribution in [1.82, 2.24) is 19.8 Å². The van der Waals surface area contributed by atoms with Crippen LogP contribution in [0.25, 0.3) is 5.69 Å². The number of rotatable bonds is 8. The third-order valence-corrected chi connectivity index (χ3v) is 5.38. The number of carbonyl (C=O) groups excluding carboxylic acids is 1. The highest BCUT2D eigenvalue weighted by molar-refractivity contribution is 7.89. The minimum absolute atomic E-state index is 0.0342. The zero-order valence-electron chi connectivity index (χ0n) is 15.1. The van der Waals surface area contributed by atoms with Crippen molar-refractivity contribution < 1.29 is 13.2 Å². The molecule has 0 atom stereocenters. The molecule has 0 aliphatic rings. The van der Waals surface area contributed by atoms with Gasteiger partial charge in [0.2, 0.25) is 10.0 Å². The number of amides is 1. The van der Waals surface area contributed by atoms with E-state index in [0.717, 1.165) is 11.3 Å². The maximum Gasteiger partial charge on any atom is 0.251 e. The molecular formula is C20H20N4O3S. The van der Waals surface area contributed by atoms with Gasteiger partial charge in [0.25, 0.3) is 5.91 Å². The minimum Gasteiger partial charge on any atom is -0.349 e. The zero-order valence-corrected chi connectivity index (χ0v) is 15.9. The average Bonchev–Trinajstić information content (AvgIpc) is 3.26. The molecule has 0 aliphatic heterocycles. The van der Waals surface area contributed by atoms with E-state index >= 15 is 0 Å². The molecule has 3 aromatic rings. The normalized spacial score (nSPS) is 11.1. The van der Waals surface area contributed by atoms with Crippen molar-refractivity contribution >= 4 is 15.9 Å². The molecule has 2 aromatic carbocycles. The molecule has 0 fully saturated rings. The molecule has 0 radical (unpaired) electrons. The molecular weight excluding hydrogens is 376 g/mol. The van der Waals surface area contributed by atoms with Gasteiger partial charge in [0.1, 0.15) is 0 Å². The van der Waals surface area contributed by atoms with Gasteiger partial charge in [0.15, 0.2) is 0 Å². The van der Waals surface area contributed by atoms with E-state index in [0.29, 0.717) is 6.54 Å². The van der Waals surface area contributed by atoms with Crippen molar-refractivity contribution in [3.8, 4) is 5.69 Å². The highest BCUT2D eigenvalue weighted by Gasteiger charge is 2.16. The number of aromatic nitrogens is 2. The van der Waals surface area contributed by atoms with Gasteiger partial charge in [-0.15, -0.1) is 6.58 Å². The Morgan fingerprint density at radius 2 is 1.93 bits per heavy atom. The van der Waals surface area contributed by atoms with Crippen molar-refractivity contribution in [2.45, 2.75) is 11.4 Å². The standard InChI is InChI=1S/C20H20N4O3S/c1-2-11-21-20(25)17-5-3-6-19(14-17)28(26,27)23-15-16-7-9-18(10-8-16)24-13-4-12-22-24/h2-10,12-14,23H,1,11,15H2,(H,21,25). The summed E-state index contributed by atoms with van der Waals surface area (Å²) in [5.41, 5.74) is 1.96. The summed E-state index contributed by atoms with van der Waals surface area (Å²) < 4.78 is 29.4. The van der Waals surface area contributed by atoms with Crippen LogP contribution in [0.15, 0.2) is 84.5 Å². The van der Waals surface area contributed by atoms with Gasteiger partial charge < -0.3 is 5.32 Å². The molecule has 28 heavy (non-hydrogen) atoms. The van der Waals surface area contributed by atoms with Crippen LogP contribution in [0.5, 0.6) is 0 Å². The van der Waals surface area contributed by atoms with E-state index in [1.807, 2.05) is 36.5 Å². The van der Waals surface area contributed by atoms with Crippen molar-refractivity contribution in [2.75, 3.05) is 6.54 Å². The number of hydrogen-bond acceptors (Lipinski definition) is 4. The third-order valence-electron chi connectivity index (χ3n) is 3.99. The molecule has 2 N–H and O–H groups in total. The molecule has 0 aliphatic carbocycles. The van der Waals surface area contributed by atoms with Crippen LogP contribution in [-0.2, 0) is 16.6 Å². The van der Waals surface area contributed by atoms with Crippen molar-refractivity contribution in [3.63, 3.8) is 0 Å². The Balaban J connectivity index is 1.68. The number of benzene rings is 2. The predicted molar refractivity (Wildman–Crippen MR) is 107 cm³/mol. The molecule has 0 bridgehead atoms. The van der Waals surface area contributed by atoms with Gasteiger partial charge in [-0.25, -0.2) is 17.8 Å². The lowest BCUT2D eigenvalue weighted by atomic mass is 10.2. The average molecular weight is 396 g/mol. The van der Waals surface area contributed by atoms with Crippen LogP contribution in [0.3, 0.4) is 0 Å². The van der Waals surface area contributed by atoms with Gasteiger partial charge >= 0.3 is 0 Å². The van der Waals surface area contributed by atoms with Crippen molar-refractivity contribution in [1.29, 1.82) is 0 Å². The molecule has 7 nitrogen and oxygen atoms in total. The maximum atomic E-state index is 12.6. The molecule has 1 amide bonds. The smallest absolute Gasteiger partial charge is 0.251 e. The number of sulfonamides is 1. The predicted octanol–water partition coefficient (Wildman–Crippen LogP) is 2.27. The molecule has 1 heterocycles. The summed E-state index contributed by atoms with van der Waals surface area (Å²) in [4.78, 5) is 12.0. The fourth-order valence-corrected chi connectivity index (χ4v) is 3.58. The first kappa shape index (κ1) is 19.5. The van der Waals surface area contributed by atoms with E-state index in [2.05, 4.69) is 21.7 Å². The number of hydrogen-bond donors (Lipinski definition) is 2. The number of carbonyl (C=O) groups is 1. The summed E-state index contributed by atoms with van der Waals surface area (Å²) in [6.07, 6.45) is 5.07. The van der Waals surface area contributed by atoms with Crippen LogP contribution >= 0.6 is 0 Å². The van der Waals surface area contributed by atoms with E-state index < -0.39 is 10.0 Å². The minimum atomic E-state index is -3.76. The summed E-state index contributed by atoms with van der Waals surface area (Å²) in [7, 11) is -3.76. The van der Waals surface area contributed by atoms with Crippen LogP contribution in [0.4, 0.5) is 0 Å². The first-order valence-corrected chi connectivity index (χ1v) is 10.1. The summed E-state index contributed by atoms with van der Waals surface area (Å²) in [5.74, 6) is -0.355. The quantitative estimate of drug-likeness (QED) is 0.571. The van der Waals surface area contributed by atoms with Crippen LogP contribution in [-0.4, -0.2) is 30.7 Å². The number of nitrogens with zero attached hydrogens (tertiary/aromatic N) is 2. The fraction of sp³-hybridized carbons (Fsp3) is 0.100. The van der Waals surface area contributed by atoms with Crippen LogP contribution in [0.2, 0.25) is 0 Å². The maximum absolute atomic E-state index is 12.6. The second-order valence-electron chi connectivity index (χ2n) is 5.97. The largest absolute Gasteiger partial charge is 0.349 e. The van der Waals surface area contributed by atoms with Gasteiger partial charge in [0.05, 0.1) is 10.6 Å². The van der Waals surface area contributed by atoms with Gasteiger partial charge in [-0.2, -0.15) is 5.10 Å². The van der Waals surface area contributed by atoms with Crippen LogP contribution in [0, 0.1) is 0 Å². The Bertz CT molecular complexity index is 1060. The van der Waals surface area contributed by atoms with Crippen LogP contribution < -0.4 is 10.0 Å². The Kier molecular flexibility index (Phi) is 6.03. The summed E-state index contributed by atoms with van der Waals surface area (Å²) in [6.45, 7) is 3.97. The highest BCUT2D eigenvalue weighted by atomic mass is 32.2. The molecule has 144 valence electrons. The molecule has 8 heteroatoms. The van der Waals surface area contributed by atoms with Crippen molar-refractivity contribution in [3.05, 3.63) is 90.8 Å². The van der Waals surface area contributed by atoms with Gasteiger partial charge in [0, 0.05) is 31.0 Å². The van der Waals surface area contributed by atoms with E-state index in [-0.39, 0.29) is 22.9 Å². The van der Waals surface area contributed by atoms with Gasteiger partial charge in [-0.3, -0.25) is 4.79 Å². The Morgan fingerprint density at radius 1 is 1.14 bits per heavy atom. The molecule has 0 saturated heterocycles. The van der Waals surface area contributed by atoms with E-state index in [1.165, 1.54) is 18.2 Å². The lowest BCUT2D eigenvalue weighted by Gasteiger charge is -2.09. The molecule has 0 unspecified atom stereocenters. The Labute approximate surface area is 163 Å². The first-order valence-electron chi connectivity index (χ1n) is 8.57. The second kappa shape index (κ2) is 8.64. The van der Waals surface area contributed by atoms with Crippen LogP contribution in [0.1, 0.15) is 15.9 Å². The van der Waals surface area contributed by atoms with Gasteiger partial charge in [-0.05, 0) is 42.0 Å². The van der Waals surface area contributed by atoms with E-state index in [4.69, 9.17) is 0 Å². The SMILES string of the molecule is C=CCNC(=O)c1cccc(S(=O)(=O)NCc2ccc(-n3cccn3)cc2)c1. The Hall–Kier alpha value is -3.23. The summed E-state index contributed by atoms with van der Waals surface area (Å²) in [6, 6.07) is 15.1.